The van der Waals surface area contributed by atoms with E-state index in [4.69, 9.17) is 4.74 Å². The van der Waals surface area contributed by atoms with E-state index in [9.17, 15) is 22.7 Å². The Kier molecular flexibility index (Phi) is 8.51. The van der Waals surface area contributed by atoms with Crippen molar-refractivity contribution in [3.05, 3.63) is 96.6 Å². The van der Waals surface area contributed by atoms with Crippen LogP contribution in [-0.2, 0) is 0 Å². The number of aliphatic imine (C=N–C) groups is 1. The van der Waals surface area contributed by atoms with Crippen LogP contribution in [0.25, 0.3) is 10.8 Å². The highest BCUT2D eigenvalue weighted by atomic mass is 127. The number of ether oxygens (including phenoxy) is 1. The van der Waals surface area contributed by atoms with Gasteiger partial charge in [-0.1, -0.05) is 42.5 Å². The SMILES string of the molecule is COc1cccc(C=Nc2cccc3ccccc23)c1O.Fc1c(F)c(I)c(F)c(I)c1F. The lowest BCUT2D eigenvalue weighted by molar-refractivity contribution is 0.373. The second kappa shape index (κ2) is 11.1. The van der Waals surface area contributed by atoms with Gasteiger partial charge in [0.2, 0.25) is 0 Å². The lowest BCUT2D eigenvalue weighted by Crippen LogP contribution is -2.02. The van der Waals surface area contributed by atoms with Crippen LogP contribution in [0.15, 0.2) is 65.7 Å². The highest BCUT2D eigenvalue weighted by molar-refractivity contribution is 14.1. The van der Waals surface area contributed by atoms with Crippen molar-refractivity contribution in [2.24, 2.45) is 4.99 Å². The van der Waals surface area contributed by atoms with E-state index >= 15 is 0 Å². The van der Waals surface area contributed by atoms with Crippen molar-refractivity contribution in [1.82, 2.24) is 0 Å². The van der Waals surface area contributed by atoms with Crippen molar-refractivity contribution >= 4 is 67.9 Å². The molecule has 0 amide bonds. The Balaban J connectivity index is 0.000000218. The highest BCUT2D eigenvalue weighted by Gasteiger charge is 2.21. The maximum Gasteiger partial charge on any atom is 0.196 e. The van der Waals surface area contributed by atoms with Crippen molar-refractivity contribution in [1.29, 1.82) is 0 Å². The number of halogens is 6. The Hall–Kier alpha value is -2.41. The van der Waals surface area contributed by atoms with Gasteiger partial charge in [-0.15, -0.1) is 0 Å². The Morgan fingerprint density at radius 3 is 2.06 bits per heavy atom. The summed E-state index contributed by atoms with van der Waals surface area (Å²) in [6.07, 6.45) is 1.65. The Morgan fingerprint density at radius 2 is 1.39 bits per heavy atom. The standard InChI is InChI=1S/C18H15NO2.C6F4I2/c1-21-17-11-5-8-14(18(17)20)12-19-16-10-4-7-13-6-2-3-9-15(13)16;7-1-2(8)5(11)4(10)6(12)3(1)9/h2-12,20H,1H3;. The minimum atomic E-state index is -1.63. The largest absolute Gasteiger partial charge is 0.504 e. The first-order valence-corrected chi connectivity index (χ1v) is 11.5. The number of fused-ring (bicyclic) bond motifs is 1. The quantitative estimate of drug-likeness (QED) is 0.0792. The molecule has 3 nitrogen and oxygen atoms in total. The van der Waals surface area contributed by atoms with Gasteiger partial charge in [-0.2, -0.15) is 0 Å². The predicted molar refractivity (Wildman–Crippen MR) is 138 cm³/mol. The van der Waals surface area contributed by atoms with Crippen LogP contribution < -0.4 is 4.74 Å². The molecule has 0 fully saturated rings. The third kappa shape index (κ3) is 5.57. The van der Waals surface area contributed by atoms with Crippen molar-refractivity contribution < 1.29 is 27.4 Å². The Labute approximate surface area is 214 Å². The lowest BCUT2D eigenvalue weighted by atomic mass is 10.1. The molecule has 0 saturated carbocycles. The van der Waals surface area contributed by atoms with Gasteiger partial charge < -0.3 is 9.84 Å². The van der Waals surface area contributed by atoms with Crippen molar-refractivity contribution in [3.63, 3.8) is 0 Å². The number of benzene rings is 4. The number of methoxy groups -OCH3 is 1. The molecule has 9 heteroatoms. The molecule has 4 aromatic carbocycles. The zero-order valence-corrected chi connectivity index (χ0v) is 21.2. The van der Waals surface area contributed by atoms with Crippen LogP contribution in [0, 0.1) is 30.4 Å². The number of phenols is 1. The molecule has 0 heterocycles. The molecular weight excluding hydrogens is 664 g/mol. The summed E-state index contributed by atoms with van der Waals surface area (Å²) in [7, 11) is 1.53. The van der Waals surface area contributed by atoms with Gasteiger partial charge in [0.25, 0.3) is 0 Å². The summed E-state index contributed by atoms with van der Waals surface area (Å²) in [5, 5.41) is 12.3. The number of nitrogens with zero attached hydrogens (tertiary/aromatic N) is 1. The lowest BCUT2D eigenvalue weighted by Gasteiger charge is -2.05. The number of phenolic OH excluding ortho intramolecular Hbond substituents is 1. The van der Waals surface area contributed by atoms with Gasteiger partial charge in [-0.3, -0.25) is 4.99 Å². The average Bonchev–Trinajstić information content (AvgIpc) is 2.85. The Bertz CT molecular complexity index is 1240. The summed E-state index contributed by atoms with van der Waals surface area (Å²) in [4.78, 5) is 4.50. The predicted octanol–water partition coefficient (Wildman–Crippen LogP) is 7.76. The fourth-order valence-corrected chi connectivity index (χ4v) is 4.38. The summed E-state index contributed by atoms with van der Waals surface area (Å²) in [6, 6.07) is 19.4. The van der Waals surface area contributed by atoms with Gasteiger partial charge in [0.15, 0.2) is 34.8 Å². The van der Waals surface area contributed by atoms with Gasteiger partial charge in [-0.05, 0) is 68.8 Å². The van der Waals surface area contributed by atoms with Crippen LogP contribution >= 0.6 is 45.2 Å². The van der Waals surface area contributed by atoms with E-state index in [1.54, 1.807) is 18.3 Å². The number of hydrogen-bond acceptors (Lipinski definition) is 3. The molecule has 0 spiro atoms. The molecule has 0 saturated heterocycles. The van der Waals surface area contributed by atoms with E-state index in [1.807, 2.05) is 36.4 Å². The van der Waals surface area contributed by atoms with Crippen molar-refractivity contribution in [2.45, 2.75) is 0 Å². The smallest absolute Gasteiger partial charge is 0.196 e. The highest BCUT2D eigenvalue weighted by Crippen LogP contribution is 2.30. The van der Waals surface area contributed by atoms with Gasteiger partial charge in [0.1, 0.15) is 0 Å². The third-order valence-corrected chi connectivity index (χ3v) is 6.41. The molecule has 33 heavy (non-hydrogen) atoms. The molecule has 0 radical (unpaired) electrons. The van der Waals surface area contributed by atoms with Crippen LogP contribution in [-0.4, -0.2) is 18.4 Å². The van der Waals surface area contributed by atoms with Crippen LogP contribution in [0.4, 0.5) is 23.2 Å². The summed E-state index contributed by atoms with van der Waals surface area (Å²) < 4.78 is 54.4. The second-order valence-electron chi connectivity index (χ2n) is 6.54. The third-order valence-electron chi connectivity index (χ3n) is 4.52. The topological polar surface area (TPSA) is 41.8 Å². The minimum absolute atomic E-state index is 0.101. The van der Waals surface area contributed by atoms with Gasteiger partial charge in [-0.25, -0.2) is 17.6 Å². The van der Waals surface area contributed by atoms with Crippen LogP contribution in [0.3, 0.4) is 0 Å². The van der Waals surface area contributed by atoms with E-state index in [-0.39, 0.29) is 5.75 Å². The second-order valence-corrected chi connectivity index (χ2v) is 8.70. The molecule has 1 N–H and O–H groups in total. The van der Waals surface area contributed by atoms with Crippen molar-refractivity contribution in [3.8, 4) is 11.5 Å². The molecule has 4 aromatic rings. The zero-order chi connectivity index (χ0) is 24.1. The normalized spacial score (nSPS) is 10.9. The maximum atomic E-state index is 12.8. The van der Waals surface area contributed by atoms with Crippen LogP contribution in [0.2, 0.25) is 0 Å². The first kappa shape index (κ1) is 25.2. The average molecular weight is 679 g/mol. The van der Waals surface area contributed by atoms with Crippen molar-refractivity contribution in [2.75, 3.05) is 7.11 Å². The summed E-state index contributed by atoms with van der Waals surface area (Å²) in [5.74, 6) is -5.12. The number of hydrogen-bond donors (Lipinski definition) is 1. The molecule has 4 rings (SSSR count). The number of para-hydroxylation sites is 1. The minimum Gasteiger partial charge on any atom is -0.504 e. The van der Waals surface area contributed by atoms with Gasteiger partial charge in [0, 0.05) is 17.2 Å². The zero-order valence-electron chi connectivity index (χ0n) is 16.9. The first-order valence-electron chi connectivity index (χ1n) is 9.31. The van der Waals surface area contributed by atoms with E-state index in [2.05, 4.69) is 17.1 Å². The van der Waals surface area contributed by atoms with E-state index in [0.29, 0.717) is 11.3 Å². The summed E-state index contributed by atoms with van der Waals surface area (Å²) in [5.41, 5.74) is 1.50. The monoisotopic (exact) mass is 679 g/mol. The van der Waals surface area contributed by atoms with E-state index in [1.165, 1.54) is 52.3 Å². The van der Waals surface area contributed by atoms with Crippen LogP contribution in [0.5, 0.6) is 11.5 Å². The molecule has 0 aliphatic rings. The van der Waals surface area contributed by atoms with E-state index in [0.717, 1.165) is 16.5 Å². The fraction of sp³-hybridized carbons (Fsp3) is 0.0417. The van der Waals surface area contributed by atoms with Gasteiger partial charge >= 0.3 is 0 Å². The molecular formula is C24H15F4I2NO2. The molecule has 170 valence electrons. The molecule has 0 aliphatic carbocycles. The van der Waals surface area contributed by atoms with Crippen LogP contribution in [0.1, 0.15) is 5.56 Å². The maximum absolute atomic E-state index is 12.8. The summed E-state index contributed by atoms with van der Waals surface area (Å²) in [6.45, 7) is 0. The summed E-state index contributed by atoms with van der Waals surface area (Å²) >= 11 is 2.55. The molecule has 0 aromatic heterocycles. The number of rotatable bonds is 3. The number of aromatic hydroxyl groups is 1. The fourth-order valence-electron chi connectivity index (χ4n) is 2.85. The molecule has 0 bridgehead atoms. The van der Waals surface area contributed by atoms with Gasteiger partial charge in [0.05, 0.1) is 19.9 Å². The Morgan fingerprint density at radius 1 is 0.788 bits per heavy atom. The molecule has 0 atom stereocenters. The van der Waals surface area contributed by atoms with E-state index < -0.39 is 30.4 Å². The molecule has 0 unspecified atom stereocenters. The first-order chi connectivity index (χ1) is 15.8. The molecule has 0 aliphatic heterocycles.